The summed E-state index contributed by atoms with van der Waals surface area (Å²) < 4.78 is 0. The van der Waals surface area contributed by atoms with Crippen LogP contribution in [0.15, 0.2) is 18.2 Å². The largest absolute Gasteiger partial charge is 0.398 e. The Morgan fingerprint density at radius 3 is 2.63 bits per heavy atom. The molecule has 0 spiro atoms. The average Bonchev–Trinajstić information content (AvgIpc) is 2.49. The number of nitrogen functional groups attached to an aromatic ring is 1. The fraction of sp³-hybridized carbons (Fsp3) is 0.562. The van der Waals surface area contributed by atoms with Gasteiger partial charge in [0.2, 0.25) is 0 Å². The van der Waals surface area contributed by atoms with Crippen molar-refractivity contribution >= 4 is 17.2 Å². The lowest BCUT2D eigenvalue weighted by Crippen LogP contribution is -2.25. The molecule has 0 aliphatic carbocycles. The summed E-state index contributed by atoms with van der Waals surface area (Å²) in [5.41, 5.74) is 8.76. The molecule has 1 aromatic rings. The van der Waals surface area contributed by atoms with E-state index in [2.05, 4.69) is 18.7 Å². The predicted molar refractivity (Wildman–Crippen MR) is 80.7 cm³/mol. The van der Waals surface area contributed by atoms with Crippen LogP contribution in [-0.2, 0) is 0 Å². The molecule has 1 aromatic carbocycles. The number of benzene rings is 1. The summed E-state index contributed by atoms with van der Waals surface area (Å²) >= 11 is 0. The first-order valence-electron chi connectivity index (χ1n) is 7.04. The molecule has 0 amide bonds. The van der Waals surface area contributed by atoms with Crippen molar-refractivity contribution in [3.63, 3.8) is 0 Å². The molecule has 1 fully saturated rings. The molecule has 0 aromatic heterocycles. The minimum absolute atomic E-state index is 0.0287. The van der Waals surface area contributed by atoms with Gasteiger partial charge >= 0.3 is 0 Å². The molecule has 0 radical (unpaired) electrons. The maximum absolute atomic E-state index is 11.4. The Morgan fingerprint density at radius 1 is 1.26 bits per heavy atom. The van der Waals surface area contributed by atoms with Crippen LogP contribution in [0.25, 0.3) is 0 Å². The number of hydrogen-bond donors (Lipinski definition) is 1. The van der Waals surface area contributed by atoms with Crippen LogP contribution in [0.3, 0.4) is 0 Å². The molecule has 0 unspecified atom stereocenters. The molecule has 19 heavy (non-hydrogen) atoms. The molecule has 1 saturated heterocycles. The molecule has 3 heteroatoms. The van der Waals surface area contributed by atoms with Gasteiger partial charge in [0, 0.05) is 30.0 Å². The van der Waals surface area contributed by atoms with Crippen LogP contribution in [0.1, 0.15) is 50.4 Å². The first-order valence-corrected chi connectivity index (χ1v) is 7.04. The number of carbonyl (C=O) groups is 1. The summed E-state index contributed by atoms with van der Waals surface area (Å²) in [5.74, 6) is 0.0287. The molecule has 1 aliphatic heterocycles. The number of nitrogens with two attached hydrogens (primary N) is 1. The fourth-order valence-corrected chi connectivity index (χ4v) is 2.75. The number of carbonyl (C=O) groups excluding carboxylic acids is 1. The smallest absolute Gasteiger partial charge is 0.161 e. The van der Waals surface area contributed by atoms with Crippen molar-refractivity contribution in [1.29, 1.82) is 0 Å². The standard InChI is InChI=1S/C16H24N2O/c1-12(19)14-6-5-13(11-15(14)17)18-9-4-7-16(2,3)8-10-18/h5-6,11H,4,7-10,17H2,1-3H3. The lowest BCUT2D eigenvalue weighted by molar-refractivity contribution is 0.101. The number of anilines is 2. The van der Waals surface area contributed by atoms with E-state index in [0.29, 0.717) is 16.7 Å². The second kappa shape index (κ2) is 5.24. The molecular weight excluding hydrogens is 236 g/mol. The van der Waals surface area contributed by atoms with E-state index in [-0.39, 0.29) is 5.78 Å². The van der Waals surface area contributed by atoms with Gasteiger partial charge in [-0.05, 0) is 49.8 Å². The van der Waals surface area contributed by atoms with E-state index >= 15 is 0 Å². The van der Waals surface area contributed by atoms with Gasteiger partial charge in [-0.1, -0.05) is 13.8 Å². The monoisotopic (exact) mass is 260 g/mol. The Bertz CT molecular complexity index is 480. The molecule has 1 aliphatic rings. The Hall–Kier alpha value is -1.51. The second-order valence-corrected chi connectivity index (χ2v) is 6.33. The van der Waals surface area contributed by atoms with Crippen LogP contribution in [0.2, 0.25) is 0 Å². The number of rotatable bonds is 2. The van der Waals surface area contributed by atoms with Gasteiger partial charge in [-0.2, -0.15) is 0 Å². The van der Waals surface area contributed by atoms with Crippen molar-refractivity contribution in [3.05, 3.63) is 23.8 Å². The zero-order valence-corrected chi connectivity index (χ0v) is 12.2. The van der Waals surface area contributed by atoms with E-state index in [1.54, 1.807) is 6.92 Å². The first-order chi connectivity index (χ1) is 8.89. The van der Waals surface area contributed by atoms with E-state index in [0.717, 1.165) is 18.8 Å². The third kappa shape index (κ3) is 3.28. The van der Waals surface area contributed by atoms with E-state index in [1.807, 2.05) is 18.2 Å². The number of nitrogens with zero attached hydrogens (tertiary/aromatic N) is 1. The van der Waals surface area contributed by atoms with Gasteiger partial charge in [-0.15, -0.1) is 0 Å². The second-order valence-electron chi connectivity index (χ2n) is 6.33. The summed E-state index contributed by atoms with van der Waals surface area (Å²) in [6.45, 7) is 8.36. The van der Waals surface area contributed by atoms with E-state index in [9.17, 15) is 4.79 Å². The minimum atomic E-state index is 0.0287. The third-order valence-corrected chi connectivity index (χ3v) is 4.12. The van der Waals surface area contributed by atoms with E-state index in [1.165, 1.54) is 19.3 Å². The van der Waals surface area contributed by atoms with Crippen LogP contribution in [-0.4, -0.2) is 18.9 Å². The Morgan fingerprint density at radius 2 is 2.00 bits per heavy atom. The maximum Gasteiger partial charge on any atom is 0.161 e. The molecule has 3 nitrogen and oxygen atoms in total. The van der Waals surface area contributed by atoms with E-state index in [4.69, 9.17) is 5.73 Å². The average molecular weight is 260 g/mol. The van der Waals surface area contributed by atoms with Crippen LogP contribution in [0.5, 0.6) is 0 Å². The van der Waals surface area contributed by atoms with Crippen LogP contribution in [0.4, 0.5) is 11.4 Å². The van der Waals surface area contributed by atoms with Crippen molar-refractivity contribution in [3.8, 4) is 0 Å². The number of hydrogen-bond acceptors (Lipinski definition) is 3. The Labute approximate surface area is 115 Å². The zero-order valence-electron chi connectivity index (χ0n) is 12.2. The lowest BCUT2D eigenvalue weighted by Gasteiger charge is -2.25. The van der Waals surface area contributed by atoms with Crippen molar-refractivity contribution in [1.82, 2.24) is 0 Å². The normalized spacial score (nSPS) is 19.0. The van der Waals surface area contributed by atoms with Crippen molar-refractivity contribution in [2.45, 2.75) is 40.0 Å². The summed E-state index contributed by atoms with van der Waals surface area (Å²) in [6.07, 6.45) is 3.67. The number of ketones is 1. The van der Waals surface area contributed by atoms with Crippen LogP contribution in [0, 0.1) is 5.41 Å². The minimum Gasteiger partial charge on any atom is -0.398 e. The molecule has 2 N–H and O–H groups in total. The van der Waals surface area contributed by atoms with Crippen molar-refractivity contribution < 1.29 is 4.79 Å². The molecular formula is C16H24N2O. The van der Waals surface area contributed by atoms with Gasteiger partial charge in [0.1, 0.15) is 0 Å². The number of Topliss-reactive ketones (excluding diaryl/α,β-unsaturated/α-hetero) is 1. The highest BCUT2D eigenvalue weighted by atomic mass is 16.1. The fourth-order valence-electron chi connectivity index (χ4n) is 2.75. The van der Waals surface area contributed by atoms with Gasteiger partial charge in [0.25, 0.3) is 0 Å². The highest BCUT2D eigenvalue weighted by Gasteiger charge is 2.23. The molecule has 0 saturated carbocycles. The van der Waals surface area contributed by atoms with E-state index < -0.39 is 0 Å². The van der Waals surface area contributed by atoms with Gasteiger partial charge in [-0.25, -0.2) is 0 Å². The van der Waals surface area contributed by atoms with Crippen molar-refractivity contribution in [2.75, 3.05) is 23.7 Å². The molecule has 2 rings (SSSR count). The maximum atomic E-state index is 11.4. The molecule has 0 atom stereocenters. The zero-order chi connectivity index (χ0) is 14.0. The van der Waals surface area contributed by atoms with Crippen LogP contribution >= 0.6 is 0 Å². The SMILES string of the molecule is CC(=O)c1ccc(N2CCCC(C)(C)CC2)cc1N. The van der Waals surface area contributed by atoms with Crippen molar-refractivity contribution in [2.24, 2.45) is 5.41 Å². The topological polar surface area (TPSA) is 46.3 Å². The predicted octanol–water partition coefficient (Wildman–Crippen LogP) is 3.49. The van der Waals surface area contributed by atoms with Crippen LogP contribution < -0.4 is 10.6 Å². The highest BCUT2D eigenvalue weighted by Crippen LogP contribution is 2.32. The lowest BCUT2D eigenvalue weighted by atomic mass is 9.85. The molecule has 104 valence electrons. The summed E-state index contributed by atoms with van der Waals surface area (Å²) in [5, 5.41) is 0. The Balaban J connectivity index is 2.18. The van der Waals surface area contributed by atoms with Gasteiger partial charge in [-0.3, -0.25) is 4.79 Å². The summed E-state index contributed by atoms with van der Waals surface area (Å²) in [4.78, 5) is 13.8. The quantitative estimate of drug-likeness (QED) is 0.654. The first kappa shape index (κ1) is 13.9. The van der Waals surface area contributed by atoms with Gasteiger partial charge in [0.15, 0.2) is 5.78 Å². The van der Waals surface area contributed by atoms with Gasteiger partial charge in [0.05, 0.1) is 0 Å². The third-order valence-electron chi connectivity index (χ3n) is 4.12. The summed E-state index contributed by atoms with van der Waals surface area (Å²) in [6, 6.07) is 5.81. The molecule has 1 heterocycles. The Kier molecular flexibility index (Phi) is 3.83. The summed E-state index contributed by atoms with van der Waals surface area (Å²) in [7, 11) is 0. The highest BCUT2D eigenvalue weighted by molar-refractivity contribution is 5.99. The molecule has 0 bridgehead atoms. The van der Waals surface area contributed by atoms with Gasteiger partial charge < -0.3 is 10.6 Å².